The van der Waals surface area contributed by atoms with Crippen LogP contribution in [0.4, 0.5) is 4.39 Å². The lowest BCUT2D eigenvalue weighted by Gasteiger charge is -2.29. The third-order valence-electron chi connectivity index (χ3n) is 5.40. The van der Waals surface area contributed by atoms with E-state index in [0.717, 1.165) is 57.4 Å². The summed E-state index contributed by atoms with van der Waals surface area (Å²) in [5.74, 6) is 0.682. The van der Waals surface area contributed by atoms with Gasteiger partial charge in [-0.3, -0.25) is 0 Å². The molecule has 8 heteroatoms. The molecule has 1 atom stereocenters. The van der Waals surface area contributed by atoms with Gasteiger partial charge in [0.25, 0.3) is 10.2 Å². The van der Waals surface area contributed by atoms with Crippen LogP contribution in [0.2, 0.25) is 0 Å². The van der Waals surface area contributed by atoms with E-state index >= 15 is 0 Å². The second-order valence-corrected chi connectivity index (χ2v) is 10.2. The largest absolute Gasteiger partial charge is 0.378 e. The molecule has 1 aromatic carbocycles. The Balaban J connectivity index is 1.53. The van der Waals surface area contributed by atoms with E-state index in [-0.39, 0.29) is 5.82 Å². The second kappa shape index (κ2) is 12.0. The number of nitrogens with zero attached hydrogens (tertiary/aromatic N) is 1. The zero-order chi connectivity index (χ0) is 21.3. The lowest BCUT2D eigenvalue weighted by Crippen LogP contribution is -2.37. The predicted molar refractivity (Wildman–Crippen MR) is 115 cm³/mol. The summed E-state index contributed by atoms with van der Waals surface area (Å²) >= 11 is 0. The first kappa shape index (κ1) is 24.2. The number of rotatable bonds is 12. The molecule has 0 aromatic heterocycles. The molecule has 1 aliphatic carbocycles. The monoisotopic (exact) mass is 429 g/mol. The Kier molecular flexibility index (Phi) is 9.98. The van der Waals surface area contributed by atoms with Gasteiger partial charge in [0, 0.05) is 20.6 Å². The fraction of sp³-hybridized carbons (Fsp3) is 0.714. The highest BCUT2D eigenvalue weighted by Gasteiger charge is 2.23. The average Bonchev–Trinajstić information content (AvgIpc) is 2.69. The van der Waals surface area contributed by atoms with Gasteiger partial charge in [0.15, 0.2) is 0 Å². The zero-order valence-electron chi connectivity index (χ0n) is 17.9. The minimum absolute atomic E-state index is 0.155. The van der Waals surface area contributed by atoms with Crippen LogP contribution in [0.5, 0.6) is 0 Å². The molecule has 166 valence electrons. The molecule has 0 amide bonds. The highest BCUT2D eigenvalue weighted by atomic mass is 32.2. The Labute approximate surface area is 175 Å². The van der Waals surface area contributed by atoms with Crippen LogP contribution in [-0.2, 0) is 14.9 Å². The third-order valence-corrected chi connectivity index (χ3v) is 6.93. The lowest BCUT2D eigenvalue weighted by atomic mass is 9.82. The topological polar surface area (TPSA) is 70.7 Å². The SMILES string of the molecule is CC(CNCCCNS(=O)(=O)N(C)C)COC1CCC(c2cccc(F)c2)CC1. The molecule has 0 spiro atoms. The zero-order valence-corrected chi connectivity index (χ0v) is 18.7. The van der Waals surface area contributed by atoms with Crippen molar-refractivity contribution in [1.29, 1.82) is 0 Å². The Bertz CT molecular complexity index is 707. The minimum Gasteiger partial charge on any atom is -0.378 e. The summed E-state index contributed by atoms with van der Waals surface area (Å²) in [5, 5.41) is 3.36. The Morgan fingerprint density at radius 2 is 1.93 bits per heavy atom. The average molecular weight is 430 g/mol. The van der Waals surface area contributed by atoms with Crippen molar-refractivity contribution in [2.24, 2.45) is 5.92 Å². The predicted octanol–water partition coefficient (Wildman–Crippen LogP) is 2.88. The minimum atomic E-state index is -3.33. The van der Waals surface area contributed by atoms with Gasteiger partial charge in [-0.25, -0.2) is 9.11 Å². The third kappa shape index (κ3) is 8.68. The van der Waals surface area contributed by atoms with Crippen LogP contribution in [-0.4, -0.2) is 59.2 Å². The summed E-state index contributed by atoms with van der Waals surface area (Å²) in [6.07, 6.45) is 5.17. The van der Waals surface area contributed by atoms with Gasteiger partial charge >= 0.3 is 0 Å². The molecule has 0 saturated heterocycles. The maximum atomic E-state index is 13.4. The number of hydrogen-bond donors (Lipinski definition) is 2. The molecule has 2 N–H and O–H groups in total. The number of ether oxygens (including phenoxy) is 1. The normalized spacial score (nSPS) is 21.4. The standard InChI is InChI=1S/C21H36FN3O3S/c1-17(15-23-12-5-13-24-29(26,27)25(2)3)16-28-21-10-8-18(9-11-21)19-6-4-7-20(22)14-19/h4,6-7,14,17-18,21,23-24H,5,8-13,15-16H2,1-3H3. The molecule has 6 nitrogen and oxygen atoms in total. The summed E-state index contributed by atoms with van der Waals surface area (Å²) in [4.78, 5) is 0. The summed E-state index contributed by atoms with van der Waals surface area (Å²) in [7, 11) is -0.309. The van der Waals surface area contributed by atoms with Crippen LogP contribution in [0.1, 0.15) is 50.5 Å². The van der Waals surface area contributed by atoms with Crippen molar-refractivity contribution >= 4 is 10.2 Å². The van der Waals surface area contributed by atoms with Gasteiger partial charge in [-0.1, -0.05) is 19.1 Å². The van der Waals surface area contributed by atoms with Gasteiger partial charge in [0.05, 0.1) is 12.7 Å². The van der Waals surface area contributed by atoms with E-state index in [9.17, 15) is 12.8 Å². The first-order valence-corrected chi connectivity index (χ1v) is 12.0. The quantitative estimate of drug-likeness (QED) is 0.501. The molecule has 1 aliphatic rings. The van der Waals surface area contributed by atoms with Gasteiger partial charge in [-0.05, 0) is 74.7 Å². The number of halogens is 1. The summed E-state index contributed by atoms with van der Waals surface area (Å²) < 4.78 is 46.4. The van der Waals surface area contributed by atoms with Crippen LogP contribution in [0.3, 0.4) is 0 Å². The fourth-order valence-electron chi connectivity index (χ4n) is 3.57. The first-order chi connectivity index (χ1) is 13.8. The maximum Gasteiger partial charge on any atom is 0.278 e. The molecule has 0 aliphatic heterocycles. The van der Waals surface area contributed by atoms with Crippen LogP contribution in [0.25, 0.3) is 0 Å². The summed E-state index contributed by atoms with van der Waals surface area (Å²) in [5.41, 5.74) is 1.11. The first-order valence-electron chi connectivity index (χ1n) is 10.5. The van der Waals surface area contributed by atoms with E-state index < -0.39 is 10.2 Å². The summed E-state index contributed by atoms with van der Waals surface area (Å²) in [6.45, 7) is 4.90. The van der Waals surface area contributed by atoms with Crippen LogP contribution in [0.15, 0.2) is 24.3 Å². The van der Waals surface area contributed by atoms with E-state index in [1.807, 2.05) is 6.07 Å². The lowest BCUT2D eigenvalue weighted by molar-refractivity contribution is 0.00776. The van der Waals surface area contributed by atoms with E-state index in [1.54, 1.807) is 12.1 Å². The molecular formula is C21H36FN3O3S. The summed E-state index contributed by atoms with van der Waals surface area (Å²) in [6, 6.07) is 6.97. The Morgan fingerprint density at radius 1 is 1.21 bits per heavy atom. The van der Waals surface area contributed by atoms with Crippen LogP contribution < -0.4 is 10.0 Å². The van der Waals surface area contributed by atoms with Crippen molar-refractivity contribution in [3.63, 3.8) is 0 Å². The van der Waals surface area contributed by atoms with Gasteiger partial charge < -0.3 is 10.1 Å². The molecule has 1 aromatic rings. The highest BCUT2D eigenvalue weighted by molar-refractivity contribution is 7.87. The molecule has 1 fully saturated rings. The highest BCUT2D eigenvalue weighted by Crippen LogP contribution is 2.34. The molecule has 1 unspecified atom stereocenters. The van der Waals surface area contributed by atoms with Crippen molar-refractivity contribution in [3.8, 4) is 0 Å². The van der Waals surface area contributed by atoms with Crippen molar-refractivity contribution in [3.05, 3.63) is 35.6 Å². The maximum absolute atomic E-state index is 13.4. The van der Waals surface area contributed by atoms with E-state index in [4.69, 9.17) is 4.74 Å². The molecule has 0 bridgehead atoms. The fourth-order valence-corrected chi connectivity index (χ4v) is 4.24. The van der Waals surface area contributed by atoms with Gasteiger partial charge in [-0.15, -0.1) is 0 Å². The molecule has 2 rings (SSSR count). The van der Waals surface area contributed by atoms with Crippen molar-refractivity contribution < 1.29 is 17.5 Å². The molecular weight excluding hydrogens is 393 g/mol. The van der Waals surface area contributed by atoms with Crippen molar-refractivity contribution in [2.75, 3.05) is 40.3 Å². The molecule has 1 saturated carbocycles. The van der Waals surface area contributed by atoms with Gasteiger partial charge in [-0.2, -0.15) is 12.7 Å². The number of hydrogen-bond acceptors (Lipinski definition) is 4. The second-order valence-electron chi connectivity index (χ2n) is 8.21. The van der Waals surface area contributed by atoms with E-state index in [0.29, 0.717) is 24.5 Å². The van der Waals surface area contributed by atoms with E-state index in [1.165, 1.54) is 24.5 Å². The number of benzene rings is 1. The molecule has 0 heterocycles. The Morgan fingerprint density at radius 3 is 2.59 bits per heavy atom. The molecule has 0 radical (unpaired) electrons. The van der Waals surface area contributed by atoms with Gasteiger partial charge in [0.1, 0.15) is 5.82 Å². The van der Waals surface area contributed by atoms with E-state index in [2.05, 4.69) is 17.0 Å². The van der Waals surface area contributed by atoms with Crippen molar-refractivity contribution in [2.45, 2.75) is 51.0 Å². The van der Waals surface area contributed by atoms with Gasteiger partial charge in [0.2, 0.25) is 0 Å². The number of nitrogens with one attached hydrogen (secondary N) is 2. The van der Waals surface area contributed by atoms with Crippen LogP contribution >= 0.6 is 0 Å². The van der Waals surface area contributed by atoms with Crippen molar-refractivity contribution in [1.82, 2.24) is 14.3 Å². The Hall–Kier alpha value is -1.06. The molecule has 29 heavy (non-hydrogen) atoms. The van der Waals surface area contributed by atoms with Crippen LogP contribution in [0, 0.1) is 11.7 Å². The smallest absolute Gasteiger partial charge is 0.278 e.